The molecular formula is C25H28FN3O3S. The molecule has 0 aromatic heterocycles. The highest BCUT2D eigenvalue weighted by atomic mass is 32.2. The minimum Gasteiger partial charge on any atom is -0.497 e. The van der Waals surface area contributed by atoms with E-state index in [4.69, 9.17) is 4.74 Å². The Labute approximate surface area is 197 Å². The first-order valence-electron chi connectivity index (χ1n) is 11.5. The first-order valence-corrected chi connectivity index (χ1v) is 12.5. The highest BCUT2D eigenvalue weighted by molar-refractivity contribution is 8.01. The van der Waals surface area contributed by atoms with Gasteiger partial charge in [0.1, 0.15) is 11.6 Å². The van der Waals surface area contributed by atoms with Crippen molar-refractivity contribution in [3.8, 4) is 5.75 Å². The van der Waals surface area contributed by atoms with Crippen LogP contribution in [0.15, 0.2) is 42.5 Å². The van der Waals surface area contributed by atoms with Crippen LogP contribution < -0.4 is 15.0 Å². The average Bonchev–Trinajstić information content (AvgIpc) is 3.38. The molecule has 1 N–H and O–H groups in total. The largest absolute Gasteiger partial charge is 0.497 e. The molecule has 3 amide bonds. The number of amides is 3. The fourth-order valence-electron chi connectivity index (χ4n) is 5.15. The van der Waals surface area contributed by atoms with Gasteiger partial charge in [-0.15, -0.1) is 11.8 Å². The van der Waals surface area contributed by atoms with E-state index in [1.807, 2.05) is 18.2 Å². The van der Waals surface area contributed by atoms with Gasteiger partial charge in [0.2, 0.25) is 0 Å². The van der Waals surface area contributed by atoms with Crippen molar-refractivity contribution in [3.05, 3.63) is 59.4 Å². The summed E-state index contributed by atoms with van der Waals surface area (Å²) in [5, 5.41) is 3.19. The number of carbonyl (C=O) groups excluding carboxylic acids is 2. The third-order valence-corrected chi connectivity index (χ3v) is 8.25. The third kappa shape index (κ3) is 3.84. The van der Waals surface area contributed by atoms with Crippen LogP contribution in [0, 0.1) is 5.82 Å². The second-order valence-electron chi connectivity index (χ2n) is 8.83. The van der Waals surface area contributed by atoms with Crippen LogP contribution in [-0.2, 0) is 16.2 Å². The summed E-state index contributed by atoms with van der Waals surface area (Å²) < 4.78 is 18.9. The molecule has 3 aliphatic rings. The predicted octanol–water partition coefficient (Wildman–Crippen LogP) is 4.63. The second-order valence-corrected chi connectivity index (χ2v) is 10.1. The smallest absolute Gasteiger partial charge is 0.319 e. The molecule has 0 radical (unpaired) electrons. The van der Waals surface area contributed by atoms with Crippen LogP contribution in [0.3, 0.4) is 0 Å². The third-order valence-electron chi connectivity index (χ3n) is 6.83. The molecule has 33 heavy (non-hydrogen) atoms. The Morgan fingerprint density at radius 1 is 1.18 bits per heavy atom. The Morgan fingerprint density at radius 2 is 1.94 bits per heavy atom. The molecule has 2 aromatic carbocycles. The number of urea groups is 1. The second kappa shape index (κ2) is 8.89. The molecule has 1 spiro atoms. The van der Waals surface area contributed by atoms with E-state index in [0.717, 1.165) is 42.5 Å². The van der Waals surface area contributed by atoms with E-state index in [2.05, 4.69) is 5.32 Å². The summed E-state index contributed by atoms with van der Waals surface area (Å²) in [4.78, 5) is 29.8. The van der Waals surface area contributed by atoms with Gasteiger partial charge < -0.3 is 15.0 Å². The van der Waals surface area contributed by atoms with Gasteiger partial charge in [-0.25, -0.2) is 9.18 Å². The Balaban J connectivity index is 1.51. The highest BCUT2D eigenvalue weighted by Gasteiger charge is 2.59. The van der Waals surface area contributed by atoms with Crippen molar-refractivity contribution in [2.75, 3.05) is 24.3 Å². The van der Waals surface area contributed by atoms with Crippen LogP contribution in [0.4, 0.5) is 14.9 Å². The quantitative estimate of drug-likeness (QED) is 0.710. The molecule has 2 aliphatic heterocycles. The van der Waals surface area contributed by atoms with Crippen molar-refractivity contribution in [2.45, 2.75) is 49.6 Å². The van der Waals surface area contributed by atoms with Gasteiger partial charge in [0.15, 0.2) is 4.87 Å². The van der Waals surface area contributed by atoms with E-state index in [0.29, 0.717) is 24.6 Å². The zero-order valence-corrected chi connectivity index (χ0v) is 19.5. The predicted molar refractivity (Wildman–Crippen MR) is 127 cm³/mol. The van der Waals surface area contributed by atoms with Gasteiger partial charge in [-0.2, -0.15) is 0 Å². The maximum absolute atomic E-state index is 14.0. The number of anilines is 1. The van der Waals surface area contributed by atoms with E-state index >= 15 is 0 Å². The van der Waals surface area contributed by atoms with Crippen molar-refractivity contribution in [3.63, 3.8) is 0 Å². The number of rotatable bonds is 4. The van der Waals surface area contributed by atoms with Crippen LogP contribution in [0.1, 0.15) is 43.2 Å². The highest BCUT2D eigenvalue weighted by Crippen LogP contribution is 2.55. The van der Waals surface area contributed by atoms with E-state index in [9.17, 15) is 14.0 Å². The lowest BCUT2D eigenvalue weighted by atomic mass is 9.95. The molecule has 1 atom stereocenters. The van der Waals surface area contributed by atoms with E-state index in [1.54, 1.807) is 29.0 Å². The van der Waals surface area contributed by atoms with Gasteiger partial charge in [-0.1, -0.05) is 31.4 Å². The monoisotopic (exact) mass is 469 g/mol. The normalized spacial score (nSPS) is 22.7. The van der Waals surface area contributed by atoms with E-state index in [-0.39, 0.29) is 23.8 Å². The van der Waals surface area contributed by atoms with Gasteiger partial charge >= 0.3 is 6.03 Å². The molecule has 0 bridgehead atoms. The molecule has 1 unspecified atom stereocenters. The first-order chi connectivity index (χ1) is 16.0. The van der Waals surface area contributed by atoms with Gasteiger partial charge in [-0.05, 0) is 48.7 Å². The van der Waals surface area contributed by atoms with Crippen LogP contribution >= 0.6 is 11.8 Å². The number of ether oxygens (including phenoxy) is 1. The first kappa shape index (κ1) is 22.1. The molecule has 8 heteroatoms. The maximum Gasteiger partial charge on any atom is 0.319 e. The average molecular weight is 470 g/mol. The molecule has 1 saturated heterocycles. The van der Waals surface area contributed by atoms with Crippen molar-refractivity contribution < 1.29 is 18.7 Å². The lowest BCUT2D eigenvalue weighted by molar-refractivity contribution is -0.123. The number of thioether (sulfide) groups is 1. The van der Waals surface area contributed by atoms with Crippen LogP contribution in [-0.4, -0.2) is 42.3 Å². The topological polar surface area (TPSA) is 61.9 Å². The van der Waals surface area contributed by atoms with Gasteiger partial charge in [0.05, 0.1) is 19.3 Å². The molecule has 2 aromatic rings. The summed E-state index contributed by atoms with van der Waals surface area (Å²) >= 11 is 1.50. The van der Waals surface area contributed by atoms with Crippen molar-refractivity contribution in [1.82, 2.24) is 10.2 Å². The summed E-state index contributed by atoms with van der Waals surface area (Å²) in [7, 11) is 1.59. The Bertz CT molecular complexity index is 1060. The van der Waals surface area contributed by atoms with Crippen LogP contribution in [0.5, 0.6) is 5.75 Å². The Kier molecular flexibility index (Phi) is 5.95. The van der Waals surface area contributed by atoms with Crippen LogP contribution in [0.25, 0.3) is 0 Å². The van der Waals surface area contributed by atoms with Crippen molar-refractivity contribution in [2.24, 2.45) is 0 Å². The fraction of sp³-hybridized carbons (Fsp3) is 0.440. The number of hydrogen-bond acceptors (Lipinski definition) is 4. The standard InChI is InChI=1S/C25H28FN3O3S/c1-32-20-11-12-22-21(15-20)25(23(30)28(22)16-17-7-9-18(26)10-8-17)29(13-14-33-25)24(31)27-19-5-3-2-4-6-19/h7-12,15,19H,2-6,13-14,16H2,1H3,(H,27,31). The minimum atomic E-state index is -1.12. The van der Waals surface area contributed by atoms with Crippen molar-refractivity contribution >= 4 is 29.4 Å². The lowest BCUT2D eigenvalue weighted by Gasteiger charge is -2.35. The van der Waals surface area contributed by atoms with E-state index in [1.165, 1.54) is 30.3 Å². The zero-order chi connectivity index (χ0) is 23.0. The molecule has 1 saturated carbocycles. The number of hydrogen-bond donors (Lipinski definition) is 1. The summed E-state index contributed by atoms with van der Waals surface area (Å²) in [5.74, 6) is 0.858. The maximum atomic E-state index is 14.0. The molecule has 6 nitrogen and oxygen atoms in total. The van der Waals surface area contributed by atoms with Gasteiger partial charge in [0.25, 0.3) is 5.91 Å². The Hall–Kier alpha value is -2.74. The fourth-order valence-corrected chi connectivity index (χ4v) is 6.60. The molecule has 2 heterocycles. The number of benzene rings is 2. The molecule has 2 fully saturated rings. The number of nitrogens with one attached hydrogen (secondary N) is 1. The number of fused-ring (bicyclic) bond motifs is 2. The number of nitrogens with zero attached hydrogens (tertiary/aromatic N) is 2. The summed E-state index contributed by atoms with van der Waals surface area (Å²) in [5.41, 5.74) is 2.36. The summed E-state index contributed by atoms with van der Waals surface area (Å²) in [6.07, 6.45) is 5.41. The number of methoxy groups -OCH3 is 1. The molecule has 5 rings (SSSR count). The SMILES string of the molecule is COc1ccc2c(c1)C1(SCCN1C(=O)NC1CCCCC1)C(=O)N2Cc1ccc(F)cc1. The Morgan fingerprint density at radius 3 is 2.67 bits per heavy atom. The number of carbonyl (C=O) groups is 2. The molecular weight excluding hydrogens is 441 g/mol. The number of halogens is 1. The lowest BCUT2D eigenvalue weighted by Crippen LogP contribution is -2.55. The summed E-state index contributed by atoms with van der Waals surface area (Å²) in [6, 6.07) is 11.7. The molecule has 1 aliphatic carbocycles. The van der Waals surface area contributed by atoms with Crippen LogP contribution in [0.2, 0.25) is 0 Å². The summed E-state index contributed by atoms with van der Waals surface area (Å²) in [6.45, 7) is 0.800. The zero-order valence-electron chi connectivity index (χ0n) is 18.7. The molecule has 174 valence electrons. The van der Waals surface area contributed by atoms with E-state index < -0.39 is 4.87 Å². The van der Waals surface area contributed by atoms with Gasteiger partial charge in [0, 0.05) is 23.9 Å². The minimum absolute atomic E-state index is 0.142. The van der Waals surface area contributed by atoms with Gasteiger partial charge in [-0.3, -0.25) is 9.69 Å². The van der Waals surface area contributed by atoms with Crippen molar-refractivity contribution in [1.29, 1.82) is 0 Å².